The predicted molar refractivity (Wildman–Crippen MR) is 72.5 cm³/mol. The molecule has 1 atom stereocenters. The lowest BCUT2D eigenvalue weighted by molar-refractivity contribution is 0.227. The van der Waals surface area contributed by atoms with E-state index in [1.54, 1.807) is 0 Å². The van der Waals surface area contributed by atoms with Gasteiger partial charge in [0.05, 0.1) is 21.5 Å². The average Bonchev–Trinajstić information content (AvgIpc) is 2.29. The molecule has 0 bridgehead atoms. The van der Waals surface area contributed by atoms with Crippen LogP contribution in [0.1, 0.15) is 13.8 Å². The Morgan fingerprint density at radius 1 is 1.28 bits per heavy atom. The summed E-state index contributed by atoms with van der Waals surface area (Å²) in [6.45, 7) is 3.37. The minimum Gasteiger partial charge on any atom is -0.395 e. The molecule has 0 amide bonds. The van der Waals surface area contributed by atoms with Crippen molar-refractivity contribution in [3.63, 3.8) is 0 Å². The monoisotopic (exact) mass is 311 g/mol. The van der Waals surface area contributed by atoms with Crippen molar-refractivity contribution >= 4 is 33.2 Å². The minimum absolute atomic E-state index is 0.0208. The highest BCUT2D eigenvalue weighted by molar-refractivity contribution is 7.89. The largest absolute Gasteiger partial charge is 0.395 e. The lowest BCUT2D eigenvalue weighted by atomic mass is 10.1. The standard InChI is InChI=1S/C11H15Cl2NO3S/c1-7(2)11(6-15)14-18(16,17)8-3-4-9(12)10(13)5-8/h3-5,7,11,14-15H,6H2,1-2H3. The summed E-state index contributed by atoms with van der Waals surface area (Å²) in [5.41, 5.74) is 0. The third kappa shape index (κ3) is 3.83. The molecule has 102 valence electrons. The molecule has 4 nitrogen and oxygen atoms in total. The van der Waals surface area contributed by atoms with Gasteiger partial charge >= 0.3 is 0 Å². The fourth-order valence-electron chi connectivity index (χ4n) is 1.30. The van der Waals surface area contributed by atoms with Gasteiger partial charge in [0.25, 0.3) is 0 Å². The molecule has 0 fully saturated rings. The number of aliphatic hydroxyl groups excluding tert-OH is 1. The summed E-state index contributed by atoms with van der Waals surface area (Å²) in [4.78, 5) is 0.0241. The number of rotatable bonds is 5. The predicted octanol–water partition coefficient (Wildman–Crippen LogP) is 2.29. The van der Waals surface area contributed by atoms with Gasteiger partial charge in [-0.2, -0.15) is 0 Å². The van der Waals surface area contributed by atoms with Gasteiger partial charge in [-0.15, -0.1) is 0 Å². The van der Waals surface area contributed by atoms with Gasteiger partial charge < -0.3 is 5.11 Å². The molecule has 1 unspecified atom stereocenters. The summed E-state index contributed by atoms with van der Waals surface area (Å²) in [6.07, 6.45) is 0. The van der Waals surface area contributed by atoms with Crippen molar-refractivity contribution in [3.8, 4) is 0 Å². The van der Waals surface area contributed by atoms with Crippen LogP contribution in [0.3, 0.4) is 0 Å². The molecule has 1 rings (SSSR count). The van der Waals surface area contributed by atoms with Crippen molar-refractivity contribution in [2.45, 2.75) is 24.8 Å². The van der Waals surface area contributed by atoms with E-state index in [1.807, 2.05) is 13.8 Å². The van der Waals surface area contributed by atoms with Gasteiger partial charge in [0.1, 0.15) is 0 Å². The average molecular weight is 312 g/mol. The maximum atomic E-state index is 12.0. The van der Waals surface area contributed by atoms with Gasteiger partial charge in [0.15, 0.2) is 0 Å². The first-order valence-corrected chi connectivity index (χ1v) is 7.60. The maximum Gasteiger partial charge on any atom is 0.240 e. The second-order valence-corrected chi connectivity index (χ2v) is 6.76. The Bertz CT molecular complexity index is 517. The molecular formula is C11H15Cl2NO3S. The Balaban J connectivity index is 3.02. The molecule has 0 saturated heterocycles. The highest BCUT2D eigenvalue weighted by Crippen LogP contribution is 2.25. The van der Waals surface area contributed by atoms with Gasteiger partial charge in [0, 0.05) is 6.04 Å². The van der Waals surface area contributed by atoms with Crippen molar-refractivity contribution in [2.24, 2.45) is 5.92 Å². The van der Waals surface area contributed by atoms with Gasteiger partial charge in [0.2, 0.25) is 10.0 Å². The molecule has 0 radical (unpaired) electrons. The summed E-state index contributed by atoms with van der Waals surface area (Å²) in [5, 5.41) is 9.59. The molecule has 0 aliphatic rings. The minimum atomic E-state index is -3.71. The second-order valence-electron chi connectivity index (χ2n) is 4.23. The Labute approximate surface area is 117 Å². The smallest absolute Gasteiger partial charge is 0.240 e. The van der Waals surface area contributed by atoms with Gasteiger partial charge in [-0.1, -0.05) is 37.0 Å². The van der Waals surface area contributed by atoms with E-state index in [9.17, 15) is 8.42 Å². The van der Waals surface area contributed by atoms with Crippen molar-refractivity contribution < 1.29 is 13.5 Å². The summed E-state index contributed by atoms with van der Waals surface area (Å²) in [7, 11) is -3.71. The van der Waals surface area contributed by atoms with Crippen LogP contribution in [-0.4, -0.2) is 26.2 Å². The van der Waals surface area contributed by atoms with Crippen LogP contribution in [0.15, 0.2) is 23.1 Å². The fourth-order valence-corrected chi connectivity index (χ4v) is 3.06. The van der Waals surface area contributed by atoms with E-state index < -0.39 is 16.1 Å². The third-order valence-electron chi connectivity index (χ3n) is 2.51. The Kier molecular flexibility index (Phi) is 5.43. The summed E-state index contributed by atoms with van der Waals surface area (Å²) in [5.74, 6) is -0.0208. The Morgan fingerprint density at radius 2 is 1.89 bits per heavy atom. The summed E-state index contributed by atoms with van der Waals surface area (Å²) in [6, 6.07) is 3.53. The van der Waals surface area contributed by atoms with Crippen LogP contribution in [0.5, 0.6) is 0 Å². The molecule has 0 aliphatic carbocycles. The normalized spacial score (nSPS) is 13.9. The highest BCUT2D eigenvalue weighted by atomic mass is 35.5. The molecule has 0 aromatic heterocycles. The van der Waals surface area contributed by atoms with E-state index in [0.29, 0.717) is 0 Å². The van der Waals surface area contributed by atoms with E-state index in [1.165, 1.54) is 18.2 Å². The van der Waals surface area contributed by atoms with Gasteiger partial charge in [-0.25, -0.2) is 13.1 Å². The van der Waals surface area contributed by atoms with Crippen LogP contribution in [0.25, 0.3) is 0 Å². The van der Waals surface area contributed by atoms with Gasteiger partial charge in [-0.05, 0) is 24.1 Å². The summed E-state index contributed by atoms with van der Waals surface area (Å²) >= 11 is 11.5. The zero-order valence-electron chi connectivity index (χ0n) is 10.0. The second kappa shape index (κ2) is 6.21. The molecule has 0 heterocycles. The number of halogens is 2. The molecule has 1 aromatic rings. The molecule has 0 saturated carbocycles. The van der Waals surface area contributed by atoms with Crippen molar-refractivity contribution in [3.05, 3.63) is 28.2 Å². The number of hydrogen-bond acceptors (Lipinski definition) is 3. The molecule has 0 aliphatic heterocycles. The first-order chi connectivity index (χ1) is 8.27. The molecule has 7 heteroatoms. The van der Waals surface area contributed by atoms with Crippen LogP contribution in [0.4, 0.5) is 0 Å². The molecule has 18 heavy (non-hydrogen) atoms. The van der Waals surface area contributed by atoms with Crippen molar-refractivity contribution in [1.82, 2.24) is 4.72 Å². The first kappa shape index (κ1) is 15.7. The lowest BCUT2D eigenvalue weighted by Gasteiger charge is -2.19. The topological polar surface area (TPSA) is 66.4 Å². The zero-order valence-corrected chi connectivity index (χ0v) is 12.4. The van der Waals surface area contributed by atoms with Gasteiger partial charge in [-0.3, -0.25) is 0 Å². The number of aliphatic hydroxyl groups is 1. The van der Waals surface area contributed by atoms with E-state index in [0.717, 1.165) is 0 Å². The first-order valence-electron chi connectivity index (χ1n) is 5.36. The van der Waals surface area contributed by atoms with Crippen LogP contribution in [-0.2, 0) is 10.0 Å². The van der Waals surface area contributed by atoms with Crippen LogP contribution in [0, 0.1) is 5.92 Å². The molecular weight excluding hydrogens is 297 g/mol. The van der Waals surface area contributed by atoms with E-state index in [2.05, 4.69) is 4.72 Å². The molecule has 2 N–H and O–H groups in total. The highest BCUT2D eigenvalue weighted by Gasteiger charge is 2.22. The van der Waals surface area contributed by atoms with Crippen LogP contribution < -0.4 is 4.72 Å². The van der Waals surface area contributed by atoms with E-state index in [4.69, 9.17) is 28.3 Å². The van der Waals surface area contributed by atoms with Crippen LogP contribution >= 0.6 is 23.2 Å². The number of hydrogen-bond donors (Lipinski definition) is 2. The number of sulfonamides is 1. The Hall–Kier alpha value is -0.330. The van der Waals surface area contributed by atoms with Crippen molar-refractivity contribution in [2.75, 3.05) is 6.61 Å². The van der Waals surface area contributed by atoms with Crippen LogP contribution in [0.2, 0.25) is 10.0 Å². The fraction of sp³-hybridized carbons (Fsp3) is 0.455. The number of nitrogens with one attached hydrogen (secondary N) is 1. The third-order valence-corrected chi connectivity index (χ3v) is 4.74. The molecule has 0 spiro atoms. The Morgan fingerprint density at radius 3 is 2.33 bits per heavy atom. The van der Waals surface area contributed by atoms with E-state index in [-0.39, 0.29) is 27.5 Å². The van der Waals surface area contributed by atoms with E-state index >= 15 is 0 Å². The number of benzene rings is 1. The molecule has 1 aromatic carbocycles. The maximum absolute atomic E-state index is 12.0. The van der Waals surface area contributed by atoms with Crippen molar-refractivity contribution in [1.29, 1.82) is 0 Å². The lowest BCUT2D eigenvalue weighted by Crippen LogP contribution is -2.41. The summed E-state index contributed by atoms with van der Waals surface area (Å²) < 4.78 is 26.5. The quantitative estimate of drug-likeness (QED) is 0.876. The zero-order chi connectivity index (χ0) is 13.9. The SMILES string of the molecule is CC(C)C(CO)NS(=O)(=O)c1ccc(Cl)c(Cl)c1.